The lowest BCUT2D eigenvalue weighted by Gasteiger charge is -2.16. The molecule has 0 saturated carbocycles. The number of rotatable bonds is 3. The molecule has 1 heterocycles. The van der Waals surface area contributed by atoms with Crippen molar-refractivity contribution in [1.82, 2.24) is 4.57 Å². The first-order valence-corrected chi connectivity index (χ1v) is 8.39. The van der Waals surface area contributed by atoms with Gasteiger partial charge in [-0.1, -0.05) is 35.9 Å². The van der Waals surface area contributed by atoms with Crippen molar-refractivity contribution in [2.24, 2.45) is 0 Å². The number of fused-ring (bicyclic) bond motifs is 2. The number of methoxy groups -OCH3 is 1. The molecular weight excluding hydrogens is 334 g/mol. The van der Waals surface area contributed by atoms with Crippen LogP contribution in [-0.4, -0.2) is 11.7 Å². The van der Waals surface area contributed by atoms with Gasteiger partial charge in [-0.3, -0.25) is 4.79 Å². The van der Waals surface area contributed by atoms with Crippen molar-refractivity contribution in [3.8, 4) is 5.75 Å². The maximum atomic E-state index is 12.9. The van der Waals surface area contributed by atoms with E-state index in [0.29, 0.717) is 22.3 Å². The van der Waals surface area contributed by atoms with Gasteiger partial charge in [-0.05, 0) is 42.0 Å². The molecular formula is C21H16ClNO2. The highest BCUT2D eigenvalue weighted by Crippen LogP contribution is 2.25. The van der Waals surface area contributed by atoms with Crippen LogP contribution < -0.4 is 10.2 Å². The lowest BCUT2D eigenvalue weighted by Crippen LogP contribution is -2.12. The molecule has 0 aliphatic carbocycles. The number of ether oxygens (including phenoxy) is 1. The van der Waals surface area contributed by atoms with E-state index >= 15 is 0 Å². The molecule has 0 amide bonds. The SMILES string of the molecule is COc1ccc2c(=O)c3ccccc3n(Cc3cccc(Cl)c3)c2c1. The Hall–Kier alpha value is -2.78. The molecule has 0 unspecified atom stereocenters. The summed E-state index contributed by atoms with van der Waals surface area (Å²) in [6, 6.07) is 21.0. The van der Waals surface area contributed by atoms with Gasteiger partial charge in [0.15, 0.2) is 5.43 Å². The molecule has 0 aliphatic heterocycles. The summed E-state index contributed by atoms with van der Waals surface area (Å²) >= 11 is 6.14. The molecule has 0 radical (unpaired) electrons. The van der Waals surface area contributed by atoms with Crippen molar-refractivity contribution in [2.75, 3.05) is 7.11 Å². The number of benzene rings is 3. The third-order valence-electron chi connectivity index (χ3n) is 4.41. The Bertz CT molecular complexity index is 1150. The fraction of sp³-hybridized carbons (Fsp3) is 0.0952. The number of hydrogen-bond acceptors (Lipinski definition) is 2. The van der Waals surface area contributed by atoms with Crippen LogP contribution in [0.25, 0.3) is 21.8 Å². The van der Waals surface area contributed by atoms with E-state index in [4.69, 9.17) is 16.3 Å². The van der Waals surface area contributed by atoms with Crippen LogP contribution in [0.5, 0.6) is 5.75 Å². The Balaban J connectivity index is 2.07. The summed E-state index contributed by atoms with van der Waals surface area (Å²) in [5.74, 6) is 0.724. The van der Waals surface area contributed by atoms with Crippen molar-refractivity contribution >= 4 is 33.4 Å². The fourth-order valence-corrected chi connectivity index (χ4v) is 3.43. The lowest BCUT2D eigenvalue weighted by atomic mass is 10.1. The molecule has 4 aromatic rings. The standard InChI is InChI=1S/C21H16ClNO2/c1-25-16-9-10-18-20(12-16)23(13-14-5-4-6-15(22)11-14)19-8-3-2-7-17(19)21(18)24/h2-12H,13H2,1H3. The quantitative estimate of drug-likeness (QED) is 0.494. The maximum Gasteiger partial charge on any atom is 0.197 e. The van der Waals surface area contributed by atoms with Crippen molar-refractivity contribution in [1.29, 1.82) is 0 Å². The number of nitrogens with zero attached hydrogens (tertiary/aromatic N) is 1. The first-order valence-electron chi connectivity index (χ1n) is 8.01. The van der Waals surface area contributed by atoms with Crippen molar-refractivity contribution in [2.45, 2.75) is 6.54 Å². The molecule has 0 N–H and O–H groups in total. The van der Waals surface area contributed by atoms with E-state index in [2.05, 4.69) is 4.57 Å². The van der Waals surface area contributed by atoms with Crippen molar-refractivity contribution in [3.05, 3.63) is 87.5 Å². The van der Waals surface area contributed by atoms with Crippen LogP contribution in [0.3, 0.4) is 0 Å². The molecule has 0 saturated heterocycles. The van der Waals surface area contributed by atoms with Gasteiger partial charge in [0.05, 0.1) is 18.1 Å². The van der Waals surface area contributed by atoms with Crippen LogP contribution in [0, 0.1) is 0 Å². The number of pyridine rings is 1. The molecule has 1 aromatic heterocycles. The minimum Gasteiger partial charge on any atom is -0.497 e. The van der Waals surface area contributed by atoms with Gasteiger partial charge in [-0.2, -0.15) is 0 Å². The van der Waals surface area contributed by atoms with E-state index in [1.54, 1.807) is 7.11 Å². The van der Waals surface area contributed by atoms with Gasteiger partial charge in [0, 0.05) is 28.4 Å². The van der Waals surface area contributed by atoms with Gasteiger partial charge >= 0.3 is 0 Å². The van der Waals surface area contributed by atoms with Gasteiger partial charge in [-0.15, -0.1) is 0 Å². The van der Waals surface area contributed by atoms with Crippen LogP contribution in [-0.2, 0) is 6.54 Å². The Kier molecular flexibility index (Phi) is 3.94. The third kappa shape index (κ3) is 2.77. The second-order valence-electron chi connectivity index (χ2n) is 5.95. The highest BCUT2D eigenvalue weighted by molar-refractivity contribution is 6.30. The summed E-state index contributed by atoms with van der Waals surface area (Å²) in [4.78, 5) is 12.9. The molecule has 25 heavy (non-hydrogen) atoms. The van der Waals surface area contributed by atoms with E-state index in [1.807, 2.05) is 66.7 Å². The smallest absolute Gasteiger partial charge is 0.197 e. The van der Waals surface area contributed by atoms with E-state index in [1.165, 1.54) is 0 Å². The summed E-state index contributed by atoms with van der Waals surface area (Å²) < 4.78 is 7.50. The predicted octanol–water partition coefficient (Wildman–Crippen LogP) is 4.87. The first kappa shape index (κ1) is 15.7. The molecule has 0 aliphatic rings. The highest BCUT2D eigenvalue weighted by atomic mass is 35.5. The van der Waals surface area contributed by atoms with Crippen molar-refractivity contribution in [3.63, 3.8) is 0 Å². The topological polar surface area (TPSA) is 31.2 Å². The summed E-state index contributed by atoms with van der Waals surface area (Å²) in [5.41, 5.74) is 2.86. The predicted molar refractivity (Wildman–Crippen MR) is 103 cm³/mol. The van der Waals surface area contributed by atoms with Crippen LogP contribution in [0.2, 0.25) is 5.02 Å². The van der Waals surface area contributed by atoms with E-state index in [0.717, 1.165) is 22.3 Å². The van der Waals surface area contributed by atoms with Gasteiger partial charge in [0.25, 0.3) is 0 Å². The summed E-state index contributed by atoms with van der Waals surface area (Å²) in [6.45, 7) is 0.616. The molecule has 0 spiro atoms. The Morgan fingerprint density at radius 3 is 2.52 bits per heavy atom. The zero-order valence-electron chi connectivity index (χ0n) is 13.7. The number of aromatic nitrogens is 1. The van der Waals surface area contributed by atoms with E-state index in [-0.39, 0.29) is 5.43 Å². The minimum atomic E-state index is 0.0376. The van der Waals surface area contributed by atoms with Crippen molar-refractivity contribution < 1.29 is 4.74 Å². The summed E-state index contributed by atoms with van der Waals surface area (Å²) in [7, 11) is 1.63. The van der Waals surface area contributed by atoms with Crippen LogP contribution in [0.4, 0.5) is 0 Å². The first-order chi connectivity index (χ1) is 12.2. The summed E-state index contributed by atoms with van der Waals surface area (Å²) in [6.07, 6.45) is 0. The van der Waals surface area contributed by atoms with Crippen LogP contribution >= 0.6 is 11.6 Å². The third-order valence-corrected chi connectivity index (χ3v) is 4.64. The zero-order valence-corrected chi connectivity index (χ0v) is 14.5. The van der Waals surface area contributed by atoms with Gasteiger partial charge in [0.1, 0.15) is 5.75 Å². The second-order valence-corrected chi connectivity index (χ2v) is 6.38. The maximum absolute atomic E-state index is 12.9. The van der Waals surface area contributed by atoms with Gasteiger partial charge in [-0.25, -0.2) is 0 Å². The van der Waals surface area contributed by atoms with Crippen LogP contribution in [0.15, 0.2) is 71.5 Å². The van der Waals surface area contributed by atoms with Gasteiger partial charge < -0.3 is 9.30 Å². The van der Waals surface area contributed by atoms with Gasteiger partial charge in [0.2, 0.25) is 0 Å². The fourth-order valence-electron chi connectivity index (χ4n) is 3.22. The molecule has 124 valence electrons. The normalized spacial score (nSPS) is 11.1. The van der Waals surface area contributed by atoms with E-state index in [9.17, 15) is 4.79 Å². The molecule has 0 bridgehead atoms. The molecule has 0 atom stereocenters. The second kappa shape index (κ2) is 6.26. The van der Waals surface area contributed by atoms with E-state index < -0.39 is 0 Å². The largest absolute Gasteiger partial charge is 0.497 e. The molecule has 3 nitrogen and oxygen atoms in total. The molecule has 4 rings (SSSR count). The Morgan fingerprint density at radius 2 is 1.72 bits per heavy atom. The highest BCUT2D eigenvalue weighted by Gasteiger charge is 2.12. The van der Waals surface area contributed by atoms with Crippen LogP contribution in [0.1, 0.15) is 5.56 Å². The zero-order chi connectivity index (χ0) is 17.4. The number of halogens is 1. The molecule has 0 fully saturated rings. The number of hydrogen-bond donors (Lipinski definition) is 0. The molecule has 4 heteroatoms. The average molecular weight is 350 g/mol. The number of para-hydroxylation sites is 1. The molecule has 3 aromatic carbocycles. The average Bonchev–Trinajstić information content (AvgIpc) is 2.64. The summed E-state index contributed by atoms with van der Waals surface area (Å²) in [5, 5.41) is 2.09. The Labute approximate surface area is 150 Å². The minimum absolute atomic E-state index is 0.0376. The lowest BCUT2D eigenvalue weighted by molar-refractivity contribution is 0.415. The monoisotopic (exact) mass is 349 g/mol. The Morgan fingerprint density at radius 1 is 0.920 bits per heavy atom.